The Balaban J connectivity index is 2.40. The van der Waals surface area contributed by atoms with Crippen LogP contribution in [0.25, 0.3) is 0 Å². The molecule has 1 unspecified atom stereocenters. The third-order valence-electron chi connectivity index (χ3n) is 4.51. The highest BCUT2D eigenvalue weighted by atomic mass is 32.2. The molecule has 0 aliphatic rings. The van der Waals surface area contributed by atoms with E-state index in [0.717, 1.165) is 5.76 Å². The van der Waals surface area contributed by atoms with Crippen molar-refractivity contribution in [3.8, 4) is 5.75 Å². The number of rotatable bonds is 5. The Labute approximate surface area is 184 Å². The van der Waals surface area contributed by atoms with Crippen LogP contribution in [0.15, 0.2) is 44.1 Å². The number of furan rings is 1. The van der Waals surface area contributed by atoms with Gasteiger partial charge in [0, 0.05) is 21.1 Å². The highest BCUT2D eigenvalue weighted by molar-refractivity contribution is 7.78. The third-order valence-corrected chi connectivity index (χ3v) is 4.85. The molecule has 0 aliphatic carbocycles. The zero-order valence-electron chi connectivity index (χ0n) is 18.5. The maximum absolute atomic E-state index is 11.5. The van der Waals surface area contributed by atoms with Gasteiger partial charge in [0.2, 0.25) is 5.84 Å². The van der Waals surface area contributed by atoms with Gasteiger partial charge in [0.05, 0.1) is 25.3 Å². The van der Waals surface area contributed by atoms with E-state index in [1.807, 2.05) is 19.1 Å². The highest BCUT2D eigenvalue weighted by Gasteiger charge is 2.31. The maximum atomic E-state index is 11.5. The van der Waals surface area contributed by atoms with Crippen LogP contribution in [0.2, 0.25) is 0 Å². The molecule has 0 spiro atoms. The molecule has 2 aromatic rings. The summed E-state index contributed by atoms with van der Waals surface area (Å²) in [7, 11) is 8.72. The van der Waals surface area contributed by atoms with E-state index in [4.69, 9.17) is 9.83 Å². The highest BCUT2D eigenvalue weighted by Crippen LogP contribution is 2.29. The number of aliphatic imine (C=N–C) groups is 1. The number of phenolic OH excluding ortho intramolecular Hbond substituents is 1. The minimum atomic E-state index is -2.56. The summed E-state index contributed by atoms with van der Waals surface area (Å²) in [4.78, 5) is 5.94. The van der Waals surface area contributed by atoms with E-state index in [2.05, 4.69) is 14.7 Å². The lowest BCUT2D eigenvalue weighted by atomic mass is 10.1. The lowest BCUT2D eigenvalue weighted by Crippen LogP contribution is -2.50. The van der Waals surface area contributed by atoms with Crippen molar-refractivity contribution in [3.63, 3.8) is 0 Å². The molecule has 10 nitrogen and oxygen atoms in total. The van der Waals surface area contributed by atoms with Crippen molar-refractivity contribution in [3.05, 3.63) is 47.4 Å². The Bertz CT molecular complexity index is 1040. The summed E-state index contributed by atoms with van der Waals surface area (Å²) in [5.74, 6) is 1.62. The summed E-state index contributed by atoms with van der Waals surface area (Å²) in [6.07, 6.45) is 0. The number of hydrogen-bond acceptors (Lipinski definition) is 5. The number of hydrogen-bond donors (Lipinski definition) is 4. The summed E-state index contributed by atoms with van der Waals surface area (Å²) in [5, 5.41) is 22.3. The molecule has 0 amide bonds. The van der Waals surface area contributed by atoms with Crippen LogP contribution < -0.4 is 5.32 Å². The molecule has 1 atom stereocenters. The number of anilines is 1. The second-order valence-electron chi connectivity index (χ2n) is 7.64. The van der Waals surface area contributed by atoms with E-state index >= 15 is 0 Å². The molecular weight excluding hydrogens is 420 g/mol. The molecular formula is C20H29N6O4S+. The number of quaternary nitrogens is 1. The Kier molecular flexibility index (Phi) is 7.71. The van der Waals surface area contributed by atoms with Crippen LogP contribution in [0, 0.1) is 12.3 Å². The quantitative estimate of drug-likeness (QED) is 0.182. The van der Waals surface area contributed by atoms with Crippen LogP contribution in [0.5, 0.6) is 5.75 Å². The first-order chi connectivity index (χ1) is 14.5. The standard InChI is InChI=1S/C20H28N6O4S/c1-13-10-11-14(30-13)12-26(5,6)18(21)19(24-31(28)29)23-16-9-7-8-15(17(16)27)20(22-2)25(3)4/h7-11H,12H2,1-6H3,(H3-,21,22,23,24,27,28,29)/p+1. The molecule has 168 valence electrons. The van der Waals surface area contributed by atoms with Crippen LogP contribution in [0.1, 0.15) is 17.1 Å². The number of aryl methyl sites for hydroxylation is 1. The van der Waals surface area contributed by atoms with Crippen LogP contribution in [-0.2, 0) is 17.8 Å². The average Bonchev–Trinajstić information content (AvgIpc) is 3.07. The zero-order valence-corrected chi connectivity index (χ0v) is 19.3. The van der Waals surface area contributed by atoms with Gasteiger partial charge >= 0.3 is 0 Å². The number of benzene rings is 1. The normalized spacial score (nSPS) is 13.8. The van der Waals surface area contributed by atoms with Gasteiger partial charge < -0.3 is 19.7 Å². The topological polar surface area (TPSA) is 135 Å². The molecule has 1 heterocycles. The molecule has 0 bridgehead atoms. The SMILES string of the molecule is CN=C(c1cccc(NC(=NS(=O)O)C(=N)[N+](C)(C)Cc2ccc(C)o2)c1O)N(C)C. The molecule has 1 aromatic carbocycles. The Morgan fingerprint density at radius 3 is 2.48 bits per heavy atom. The summed E-state index contributed by atoms with van der Waals surface area (Å²) >= 11 is -2.56. The molecule has 2 rings (SSSR count). The first-order valence-corrected chi connectivity index (χ1v) is 10.4. The van der Waals surface area contributed by atoms with Gasteiger partial charge in [0.1, 0.15) is 23.9 Å². The molecule has 0 fully saturated rings. The number of aromatic hydroxyl groups is 1. The van der Waals surface area contributed by atoms with Crippen molar-refractivity contribution in [2.45, 2.75) is 13.5 Å². The fourth-order valence-corrected chi connectivity index (χ4v) is 3.33. The smallest absolute Gasteiger partial charge is 0.284 e. The van der Waals surface area contributed by atoms with E-state index < -0.39 is 11.3 Å². The largest absolute Gasteiger partial charge is 0.505 e. The van der Waals surface area contributed by atoms with Crippen LogP contribution in [-0.4, -0.2) is 76.0 Å². The fraction of sp³-hybridized carbons (Fsp3) is 0.350. The van der Waals surface area contributed by atoms with Crippen molar-refractivity contribution in [1.82, 2.24) is 4.90 Å². The number of phenols is 1. The van der Waals surface area contributed by atoms with Gasteiger partial charge in [-0.1, -0.05) is 6.07 Å². The molecule has 0 saturated heterocycles. The summed E-state index contributed by atoms with van der Waals surface area (Å²) in [6.45, 7) is 2.15. The predicted octanol–water partition coefficient (Wildman–Crippen LogP) is 2.43. The number of para-hydroxylation sites is 1. The minimum absolute atomic E-state index is 0.0181. The first-order valence-electron chi connectivity index (χ1n) is 9.37. The van der Waals surface area contributed by atoms with E-state index in [1.165, 1.54) is 0 Å². The van der Waals surface area contributed by atoms with Gasteiger partial charge in [-0.15, -0.1) is 4.40 Å². The molecule has 0 aliphatic heterocycles. The third kappa shape index (κ3) is 6.00. The maximum Gasteiger partial charge on any atom is 0.284 e. The number of nitrogens with zero attached hydrogens (tertiary/aromatic N) is 4. The fourth-order valence-electron chi connectivity index (χ4n) is 3.04. The van der Waals surface area contributed by atoms with Gasteiger partial charge in [0.25, 0.3) is 17.1 Å². The van der Waals surface area contributed by atoms with Crippen molar-refractivity contribution >= 4 is 34.5 Å². The van der Waals surface area contributed by atoms with Crippen LogP contribution in [0.4, 0.5) is 5.69 Å². The van der Waals surface area contributed by atoms with Gasteiger partial charge in [-0.05, 0) is 31.2 Å². The number of likely N-dealkylation sites (N-methyl/N-ethyl adjacent to an activating group) is 1. The summed E-state index contributed by atoms with van der Waals surface area (Å²) in [5.41, 5.74) is 0.691. The van der Waals surface area contributed by atoms with Crippen molar-refractivity contribution in [2.24, 2.45) is 9.39 Å². The minimum Gasteiger partial charge on any atom is -0.505 e. The second kappa shape index (κ2) is 9.86. The van der Waals surface area contributed by atoms with Gasteiger partial charge in [-0.2, -0.15) is 0 Å². The molecule has 11 heteroatoms. The van der Waals surface area contributed by atoms with Crippen LogP contribution >= 0.6 is 0 Å². The zero-order chi connectivity index (χ0) is 23.3. The lowest BCUT2D eigenvalue weighted by Gasteiger charge is -2.29. The average molecular weight is 450 g/mol. The molecule has 31 heavy (non-hydrogen) atoms. The monoisotopic (exact) mass is 449 g/mol. The van der Waals surface area contributed by atoms with E-state index in [0.29, 0.717) is 23.7 Å². The summed E-state index contributed by atoms with van der Waals surface area (Å²) < 4.78 is 30.1. The molecule has 1 aromatic heterocycles. The lowest BCUT2D eigenvalue weighted by molar-refractivity contribution is -0.813. The van der Waals surface area contributed by atoms with Crippen molar-refractivity contribution in [2.75, 3.05) is 40.6 Å². The molecule has 4 N–H and O–H groups in total. The van der Waals surface area contributed by atoms with Gasteiger partial charge in [-0.3, -0.25) is 14.0 Å². The summed E-state index contributed by atoms with van der Waals surface area (Å²) in [6, 6.07) is 8.64. The molecule has 0 radical (unpaired) electrons. The second-order valence-corrected chi connectivity index (χ2v) is 8.29. The number of amidine groups is 3. The van der Waals surface area contributed by atoms with Crippen molar-refractivity contribution < 1.29 is 22.8 Å². The van der Waals surface area contributed by atoms with Gasteiger partial charge in [0.15, 0.2) is 5.76 Å². The Morgan fingerprint density at radius 1 is 1.29 bits per heavy atom. The van der Waals surface area contributed by atoms with Crippen LogP contribution in [0.3, 0.4) is 0 Å². The number of nitrogens with one attached hydrogen (secondary N) is 2. The van der Waals surface area contributed by atoms with E-state index in [-0.39, 0.29) is 27.6 Å². The van der Waals surface area contributed by atoms with E-state index in [9.17, 15) is 13.9 Å². The van der Waals surface area contributed by atoms with Gasteiger partial charge in [-0.25, -0.2) is 9.62 Å². The Morgan fingerprint density at radius 2 is 1.97 bits per heavy atom. The first kappa shape index (κ1) is 24.3. The molecule has 0 saturated carbocycles. The Hall–Kier alpha value is -3.02. The predicted molar refractivity (Wildman–Crippen MR) is 123 cm³/mol. The van der Waals surface area contributed by atoms with Crippen molar-refractivity contribution in [1.29, 1.82) is 5.41 Å². The van der Waals surface area contributed by atoms with E-state index in [1.54, 1.807) is 58.3 Å².